The molecule has 0 aromatic carbocycles. The quantitative estimate of drug-likeness (QED) is 0.799. The van der Waals surface area contributed by atoms with Crippen LogP contribution < -0.4 is 10.0 Å². The fraction of sp³-hybridized carbons (Fsp3) is 0.643. The van der Waals surface area contributed by atoms with Gasteiger partial charge in [-0.1, -0.05) is 6.92 Å². The fourth-order valence-electron chi connectivity index (χ4n) is 2.59. The smallest absolute Gasteiger partial charge is 0.260 e. The Kier molecular flexibility index (Phi) is 5.55. The number of ether oxygens (including phenoxy) is 1. The summed E-state index contributed by atoms with van der Waals surface area (Å²) in [6.07, 6.45) is 3.43. The van der Waals surface area contributed by atoms with Crippen molar-refractivity contribution in [2.45, 2.75) is 37.8 Å². The molecule has 1 saturated heterocycles. The third kappa shape index (κ3) is 3.93. The van der Waals surface area contributed by atoms with Crippen molar-refractivity contribution in [1.82, 2.24) is 9.71 Å². The number of hydrogen-bond acceptors (Lipinski definition) is 5. The molecule has 21 heavy (non-hydrogen) atoms. The van der Waals surface area contributed by atoms with Gasteiger partial charge in [-0.2, -0.15) is 0 Å². The van der Waals surface area contributed by atoms with Gasteiger partial charge in [-0.15, -0.1) is 0 Å². The first-order valence-corrected chi connectivity index (χ1v) is 8.87. The molecular weight excluding hydrogens is 290 g/mol. The lowest BCUT2D eigenvalue weighted by Gasteiger charge is -2.17. The summed E-state index contributed by atoms with van der Waals surface area (Å²) in [6.45, 7) is 5.71. The molecule has 0 amide bonds. The third-order valence-corrected chi connectivity index (χ3v) is 5.06. The van der Waals surface area contributed by atoms with Gasteiger partial charge < -0.3 is 10.1 Å². The van der Waals surface area contributed by atoms with Crippen LogP contribution in [-0.2, 0) is 14.8 Å². The van der Waals surface area contributed by atoms with Crippen molar-refractivity contribution in [3.05, 3.63) is 18.3 Å². The van der Waals surface area contributed by atoms with Crippen molar-refractivity contribution < 1.29 is 13.2 Å². The van der Waals surface area contributed by atoms with E-state index in [1.165, 1.54) is 6.20 Å². The zero-order valence-electron chi connectivity index (χ0n) is 12.5. The summed E-state index contributed by atoms with van der Waals surface area (Å²) < 4.78 is 33.1. The van der Waals surface area contributed by atoms with E-state index in [0.717, 1.165) is 12.8 Å². The van der Waals surface area contributed by atoms with Gasteiger partial charge in [-0.05, 0) is 31.9 Å². The highest BCUT2D eigenvalue weighted by atomic mass is 32.2. The van der Waals surface area contributed by atoms with Gasteiger partial charge in [-0.3, -0.25) is 0 Å². The SMILES string of the molecule is CCNc1cccnc1S(=O)(=O)NCC1CCOC1CC. The van der Waals surface area contributed by atoms with Crippen LogP contribution in [0.5, 0.6) is 0 Å². The Labute approximate surface area is 126 Å². The molecule has 0 bridgehead atoms. The molecule has 2 heterocycles. The highest BCUT2D eigenvalue weighted by molar-refractivity contribution is 7.89. The molecule has 1 aliphatic rings. The maximum atomic E-state index is 12.4. The van der Waals surface area contributed by atoms with Gasteiger partial charge in [0.25, 0.3) is 10.0 Å². The summed E-state index contributed by atoms with van der Waals surface area (Å²) in [6, 6.07) is 3.44. The number of hydrogen-bond donors (Lipinski definition) is 2. The molecule has 0 aliphatic carbocycles. The Hall–Kier alpha value is -1.18. The van der Waals surface area contributed by atoms with Crippen LogP contribution in [0.1, 0.15) is 26.7 Å². The average Bonchev–Trinajstić information content (AvgIpc) is 2.93. The molecule has 2 rings (SSSR count). The van der Waals surface area contributed by atoms with E-state index >= 15 is 0 Å². The van der Waals surface area contributed by atoms with E-state index in [0.29, 0.717) is 25.4 Å². The predicted molar refractivity (Wildman–Crippen MR) is 81.7 cm³/mol. The van der Waals surface area contributed by atoms with Gasteiger partial charge in [0.2, 0.25) is 0 Å². The summed E-state index contributed by atoms with van der Waals surface area (Å²) in [5.41, 5.74) is 0.530. The summed E-state index contributed by atoms with van der Waals surface area (Å²) in [5, 5.41) is 3.08. The minimum absolute atomic E-state index is 0.0545. The first-order chi connectivity index (χ1) is 10.1. The van der Waals surface area contributed by atoms with E-state index < -0.39 is 10.0 Å². The van der Waals surface area contributed by atoms with Crippen molar-refractivity contribution >= 4 is 15.7 Å². The van der Waals surface area contributed by atoms with Crippen molar-refractivity contribution in [3.8, 4) is 0 Å². The second kappa shape index (κ2) is 7.20. The zero-order valence-corrected chi connectivity index (χ0v) is 13.3. The van der Waals surface area contributed by atoms with E-state index in [-0.39, 0.29) is 17.0 Å². The molecule has 2 N–H and O–H groups in total. The first-order valence-electron chi connectivity index (χ1n) is 7.38. The van der Waals surface area contributed by atoms with E-state index in [4.69, 9.17) is 4.74 Å². The number of sulfonamides is 1. The highest BCUT2D eigenvalue weighted by Gasteiger charge is 2.29. The zero-order chi connectivity index (χ0) is 15.3. The third-order valence-electron chi connectivity index (χ3n) is 3.68. The number of anilines is 1. The second-order valence-corrected chi connectivity index (χ2v) is 6.79. The van der Waals surface area contributed by atoms with Gasteiger partial charge >= 0.3 is 0 Å². The minimum Gasteiger partial charge on any atom is -0.383 e. The van der Waals surface area contributed by atoms with Gasteiger partial charge in [0.05, 0.1) is 11.8 Å². The average molecular weight is 313 g/mol. The molecular formula is C14H23N3O3S. The molecule has 6 nitrogen and oxygen atoms in total. The van der Waals surface area contributed by atoms with Gasteiger partial charge in [0.1, 0.15) is 0 Å². The predicted octanol–water partition coefficient (Wildman–Crippen LogP) is 1.61. The van der Waals surface area contributed by atoms with Gasteiger partial charge in [0.15, 0.2) is 5.03 Å². The van der Waals surface area contributed by atoms with Crippen LogP contribution >= 0.6 is 0 Å². The maximum Gasteiger partial charge on any atom is 0.260 e. The van der Waals surface area contributed by atoms with Crippen LogP contribution in [0, 0.1) is 5.92 Å². The van der Waals surface area contributed by atoms with Gasteiger partial charge in [0, 0.05) is 31.8 Å². The Morgan fingerprint density at radius 1 is 1.43 bits per heavy atom. The lowest BCUT2D eigenvalue weighted by atomic mass is 10.0. The molecule has 2 atom stereocenters. The monoisotopic (exact) mass is 313 g/mol. The van der Waals surface area contributed by atoms with E-state index in [1.54, 1.807) is 12.1 Å². The number of aromatic nitrogens is 1. The summed E-state index contributed by atoms with van der Waals surface area (Å²) in [4.78, 5) is 4.01. The van der Waals surface area contributed by atoms with Crippen LogP contribution in [0.15, 0.2) is 23.4 Å². The Bertz CT molecular complexity index is 562. The number of pyridine rings is 1. The lowest BCUT2D eigenvalue weighted by Crippen LogP contribution is -2.33. The Morgan fingerprint density at radius 2 is 2.24 bits per heavy atom. The number of nitrogens with zero attached hydrogens (tertiary/aromatic N) is 1. The van der Waals surface area contributed by atoms with E-state index in [2.05, 4.69) is 21.9 Å². The summed E-state index contributed by atoms with van der Waals surface area (Å²) in [5.74, 6) is 0.232. The van der Waals surface area contributed by atoms with Crippen LogP contribution in [0.25, 0.3) is 0 Å². The van der Waals surface area contributed by atoms with Crippen molar-refractivity contribution in [1.29, 1.82) is 0 Å². The van der Waals surface area contributed by atoms with Crippen molar-refractivity contribution in [3.63, 3.8) is 0 Å². The van der Waals surface area contributed by atoms with Crippen LogP contribution in [0.2, 0.25) is 0 Å². The number of rotatable bonds is 7. The Balaban J connectivity index is 2.08. The van der Waals surface area contributed by atoms with E-state index in [9.17, 15) is 8.42 Å². The molecule has 1 aromatic heterocycles. The van der Waals surface area contributed by atoms with E-state index in [1.807, 2.05) is 6.92 Å². The largest absolute Gasteiger partial charge is 0.383 e. The molecule has 1 fully saturated rings. The normalized spacial score (nSPS) is 22.4. The topological polar surface area (TPSA) is 80.3 Å². The maximum absolute atomic E-state index is 12.4. The molecule has 1 aromatic rings. The standard InChI is InChI=1S/C14H23N3O3S/c1-3-13-11(7-9-20-13)10-17-21(18,19)14-12(15-4-2)6-5-8-16-14/h5-6,8,11,13,15,17H,3-4,7,9-10H2,1-2H3. The van der Waals surface area contributed by atoms with Crippen LogP contribution in [0.4, 0.5) is 5.69 Å². The molecule has 2 unspecified atom stereocenters. The second-order valence-electron chi connectivity index (χ2n) is 5.10. The van der Waals surface area contributed by atoms with Crippen molar-refractivity contribution in [2.75, 3.05) is 25.0 Å². The molecule has 1 aliphatic heterocycles. The fourth-order valence-corrected chi connectivity index (χ4v) is 3.79. The highest BCUT2D eigenvalue weighted by Crippen LogP contribution is 2.24. The van der Waals surface area contributed by atoms with Crippen LogP contribution in [-0.4, -0.2) is 39.2 Å². The first kappa shape index (κ1) is 16.2. The minimum atomic E-state index is -3.61. The lowest BCUT2D eigenvalue weighted by molar-refractivity contribution is 0.0884. The number of nitrogens with one attached hydrogen (secondary N) is 2. The molecule has 118 valence electrons. The summed E-state index contributed by atoms with van der Waals surface area (Å²) in [7, 11) is -3.61. The molecule has 0 saturated carbocycles. The Morgan fingerprint density at radius 3 is 2.95 bits per heavy atom. The molecule has 0 radical (unpaired) electrons. The van der Waals surface area contributed by atoms with Crippen molar-refractivity contribution in [2.24, 2.45) is 5.92 Å². The van der Waals surface area contributed by atoms with Crippen LogP contribution in [0.3, 0.4) is 0 Å². The molecule has 7 heteroatoms. The summed E-state index contributed by atoms with van der Waals surface area (Å²) >= 11 is 0. The molecule has 0 spiro atoms. The van der Waals surface area contributed by atoms with Gasteiger partial charge in [-0.25, -0.2) is 18.1 Å².